The second-order valence-electron chi connectivity index (χ2n) is 5.54. The minimum atomic E-state index is -0.0843. The first-order chi connectivity index (χ1) is 10.6. The van der Waals surface area contributed by atoms with Gasteiger partial charge in [-0.15, -0.1) is 0 Å². The third-order valence-corrected chi connectivity index (χ3v) is 3.74. The normalized spacial score (nSPS) is 12.0. The van der Waals surface area contributed by atoms with Crippen molar-refractivity contribution in [2.75, 3.05) is 20.7 Å². The third kappa shape index (κ3) is 4.18. The summed E-state index contributed by atoms with van der Waals surface area (Å²) in [4.78, 5) is 12.8. The van der Waals surface area contributed by atoms with E-state index >= 15 is 0 Å². The number of carbonyl (C=O) groups excluding carboxylic acids is 1. The SMILES string of the molecule is CNC[C@H](Cc1cccc(C)c1)C(=O)c1cccc(OC)c1. The van der Waals surface area contributed by atoms with E-state index in [1.807, 2.05) is 31.3 Å². The van der Waals surface area contributed by atoms with Crippen molar-refractivity contribution in [2.24, 2.45) is 5.92 Å². The molecule has 0 saturated heterocycles. The molecule has 0 aromatic heterocycles. The Balaban J connectivity index is 2.20. The first-order valence-electron chi connectivity index (χ1n) is 7.52. The van der Waals surface area contributed by atoms with Crippen LogP contribution in [0, 0.1) is 12.8 Å². The van der Waals surface area contributed by atoms with Crippen molar-refractivity contribution >= 4 is 5.78 Å². The molecule has 0 aliphatic carbocycles. The third-order valence-electron chi connectivity index (χ3n) is 3.74. The van der Waals surface area contributed by atoms with Crippen LogP contribution in [-0.2, 0) is 6.42 Å². The monoisotopic (exact) mass is 297 g/mol. The van der Waals surface area contributed by atoms with Crippen LogP contribution in [0.4, 0.5) is 0 Å². The second-order valence-corrected chi connectivity index (χ2v) is 5.54. The average Bonchev–Trinajstić information content (AvgIpc) is 2.54. The molecular formula is C19H23NO2. The van der Waals surface area contributed by atoms with Gasteiger partial charge < -0.3 is 10.1 Å². The van der Waals surface area contributed by atoms with Gasteiger partial charge >= 0.3 is 0 Å². The van der Waals surface area contributed by atoms with E-state index in [0.29, 0.717) is 17.9 Å². The Kier molecular flexibility index (Phi) is 5.73. The molecule has 3 heteroatoms. The van der Waals surface area contributed by atoms with Gasteiger partial charge in [0.25, 0.3) is 0 Å². The van der Waals surface area contributed by atoms with Crippen LogP contribution in [-0.4, -0.2) is 26.5 Å². The molecule has 1 N–H and O–H groups in total. The fraction of sp³-hybridized carbons (Fsp3) is 0.316. The van der Waals surface area contributed by atoms with E-state index < -0.39 is 0 Å². The number of rotatable bonds is 7. The fourth-order valence-electron chi connectivity index (χ4n) is 2.64. The molecule has 116 valence electrons. The van der Waals surface area contributed by atoms with Crippen LogP contribution in [0.25, 0.3) is 0 Å². The van der Waals surface area contributed by atoms with E-state index in [1.165, 1.54) is 11.1 Å². The highest BCUT2D eigenvalue weighted by Gasteiger charge is 2.20. The van der Waals surface area contributed by atoms with Crippen molar-refractivity contribution in [2.45, 2.75) is 13.3 Å². The van der Waals surface area contributed by atoms with Crippen LogP contribution in [0.5, 0.6) is 5.75 Å². The largest absolute Gasteiger partial charge is 0.497 e. The lowest BCUT2D eigenvalue weighted by Gasteiger charge is -2.16. The number of Topliss-reactive ketones (excluding diaryl/α,β-unsaturated/α-hetero) is 1. The molecule has 0 heterocycles. The summed E-state index contributed by atoms with van der Waals surface area (Å²) in [5.41, 5.74) is 3.11. The summed E-state index contributed by atoms with van der Waals surface area (Å²) in [6.07, 6.45) is 0.735. The maximum Gasteiger partial charge on any atom is 0.167 e. The first-order valence-corrected chi connectivity index (χ1v) is 7.52. The molecule has 0 fully saturated rings. The molecule has 3 nitrogen and oxygen atoms in total. The lowest BCUT2D eigenvalue weighted by molar-refractivity contribution is 0.0918. The van der Waals surface area contributed by atoms with Gasteiger partial charge in [0.2, 0.25) is 0 Å². The summed E-state index contributed by atoms with van der Waals surface area (Å²) < 4.78 is 5.21. The maximum atomic E-state index is 12.8. The number of nitrogens with one attached hydrogen (secondary N) is 1. The second kappa shape index (κ2) is 7.76. The van der Waals surface area contributed by atoms with Crippen molar-refractivity contribution in [3.05, 3.63) is 65.2 Å². The smallest absolute Gasteiger partial charge is 0.167 e. The lowest BCUT2D eigenvalue weighted by atomic mass is 9.90. The molecule has 0 unspecified atom stereocenters. The van der Waals surface area contributed by atoms with E-state index in [4.69, 9.17) is 4.74 Å². The summed E-state index contributed by atoms with van der Waals surface area (Å²) in [7, 11) is 3.49. The molecule has 0 saturated carbocycles. The van der Waals surface area contributed by atoms with Crippen molar-refractivity contribution < 1.29 is 9.53 Å². The minimum Gasteiger partial charge on any atom is -0.497 e. The van der Waals surface area contributed by atoms with Gasteiger partial charge in [-0.25, -0.2) is 0 Å². The van der Waals surface area contributed by atoms with Crippen molar-refractivity contribution in [3.8, 4) is 5.75 Å². The van der Waals surface area contributed by atoms with Gasteiger partial charge in [-0.05, 0) is 38.1 Å². The molecule has 0 bridgehead atoms. The molecule has 2 rings (SSSR count). The number of benzene rings is 2. The van der Waals surface area contributed by atoms with E-state index in [1.54, 1.807) is 13.2 Å². The summed E-state index contributed by atoms with van der Waals surface area (Å²) >= 11 is 0. The number of hydrogen-bond donors (Lipinski definition) is 1. The van der Waals surface area contributed by atoms with E-state index in [9.17, 15) is 4.79 Å². The quantitative estimate of drug-likeness (QED) is 0.797. The van der Waals surface area contributed by atoms with Gasteiger partial charge in [-0.1, -0.05) is 42.0 Å². The number of methoxy groups -OCH3 is 1. The molecule has 1 atom stereocenters. The lowest BCUT2D eigenvalue weighted by Crippen LogP contribution is -2.28. The van der Waals surface area contributed by atoms with Gasteiger partial charge in [0.05, 0.1) is 7.11 Å². The van der Waals surface area contributed by atoms with E-state index in [0.717, 1.165) is 6.42 Å². The molecule has 0 radical (unpaired) electrons. The summed E-state index contributed by atoms with van der Waals surface area (Å²) in [5.74, 6) is 0.776. The molecular weight excluding hydrogens is 274 g/mol. The summed E-state index contributed by atoms with van der Waals surface area (Å²) in [6.45, 7) is 2.73. The van der Waals surface area contributed by atoms with Crippen LogP contribution >= 0.6 is 0 Å². The van der Waals surface area contributed by atoms with E-state index in [-0.39, 0.29) is 11.7 Å². The zero-order valence-corrected chi connectivity index (χ0v) is 13.4. The van der Waals surface area contributed by atoms with Gasteiger partial charge in [-0.2, -0.15) is 0 Å². The highest BCUT2D eigenvalue weighted by molar-refractivity contribution is 5.98. The van der Waals surface area contributed by atoms with E-state index in [2.05, 4.69) is 30.4 Å². The topological polar surface area (TPSA) is 38.3 Å². The predicted octanol–water partition coefficient (Wildman–Crippen LogP) is 3.26. The number of ketones is 1. The summed E-state index contributed by atoms with van der Waals surface area (Å²) in [6, 6.07) is 15.7. The maximum absolute atomic E-state index is 12.8. The Hall–Kier alpha value is -2.13. The Morgan fingerprint density at radius 1 is 1.18 bits per heavy atom. The molecule has 0 spiro atoms. The zero-order valence-electron chi connectivity index (χ0n) is 13.4. The predicted molar refractivity (Wildman–Crippen MR) is 89.6 cm³/mol. The van der Waals surface area contributed by atoms with Crippen LogP contribution in [0.3, 0.4) is 0 Å². The molecule has 0 amide bonds. The molecule has 22 heavy (non-hydrogen) atoms. The first kappa shape index (κ1) is 16.2. The Morgan fingerprint density at radius 2 is 1.95 bits per heavy atom. The number of carbonyl (C=O) groups is 1. The molecule has 2 aromatic rings. The highest BCUT2D eigenvalue weighted by Crippen LogP contribution is 2.19. The van der Waals surface area contributed by atoms with Gasteiger partial charge in [-0.3, -0.25) is 4.79 Å². The Bertz CT molecular complexity index is 637. The van der Waals surface area contributed by atoms with Gasteiger partial charge in [0.15, 0.2) is 5.78 Å². The van der Waals surface area contributed by atoms with Gasteiger partial charge in [0, 0.05) is 18.0 Å². The molecule has 2 aromatic carbocycles. The molecule has 0 aliphatic rings. The minimum absolute atomic E-state index is 0.0843. The van der Waals surface area contributed by atoms with Crippen LogP contribution in [0.2, 0.25) is 0 Å². The number of hydrogen-bond acceptors (Lipinski definition) is 3. The average molecular weight is 297 g/mol. The van der Waals surface area contributed by atoms with Crippen LogP contribution in [0.1, 0.15) is 21.5 Å². The standard InChI is InChI=1S/C19H23NO2/c1-14-6-4-7-15(10-14)11-17(13-20-2)19(21)16-8-5-9-18(12-16)22-3/h4-10,12,17,20H,11,13H2,1-3H3/t17-/m0/s1. The van der Waals surface area contributed by atoms with Crippen molar-refractivity contribution in [1.29, 1.82) is 0 Å². The Labute approximate surface area is 132 Å². The number of aryl methyl sites for hydroxylation is 1. The molecule has 0 aliphatic heterocycles. The summed E-state index contributed by atoms with van der Waals surface area (Å²) in [5, 5.41) is 3.13. The fourth-order valence-corrected chi connectivity index (χ4v) is 2.64. The van der Waals surface area contributed by atoms with Crippen LogP contribution < -0.4 is 10.1 Å². The number of ether oxygens (including phenoxy) is 1. The van der Waals surface area contributed by atoms with Gasteiger partial charge in [0.1, 0.15) is 5.75 Å². The zero-order chi connectivity index (χ0) is 15.9. The van der Waals surface area contributed by atoms with Crippen LogP contribution in [0.15, 0.2) is 48.5 Å². The Morgan fingerprint density at radius 3 is 2.64 bits per heavy atom. The highest BCUT2D eigenvalue weighted by atomic mass is 16.5. The van der Waals surface area contributed by atoms with Crippen molar-refractivity contribution in [1.82, 2.24) is 5.32 Å². The van der Waals surface area contributed by atoms with Crippen molar-refractivity contribution in [3.63, 3.8) is 0 Å².